The second-order valence-corrected chi connectivity index (χ2v) is 9.60. The third-order valence-electron chi connectivity index (χ3n) is 6.80. The van der Waals surface area contributed by atoms with Gasteiger partial charge in [-0.2, -0.15) is 4.39 Å². The van der Waals surface area contributed by atoms with E-state index >= 15 is 0 Å². The minimum absolute atomic E-state index is 0.0394. The number of nitrogens with zero attached hydrogens (tertiary/aromatic N) is 2. The Morgan fingerprint density at radius 3 is 2.47 bits per heavy atom. The molecular weight excluding hydrogens is 492 g/mol. The van der Waals surface area contributed by atoms with E-state index in [2.05, 4.69) is 9.97 Å². The molecule has 0 unspecified atom stereocenters. The number of Topliss-reactive ketones (excluding diaryl/α,β-unsaturated/α-hetero) is 1. The van der Waals surface area contributed by atoms with Crippen molar-refractivity contribution in [2.45, 2.75) is 38.5 Å². The fourth-order valence-corrected chi connectivity index (χ4v) is 5.07. The van der Waals surface area contributed by atoms with Crippen molar-refractivity contribution in [2.24, 2.45) is 0 Å². The molecule has 0 amide bonds. The Bertz CT molecular complexity index is 1540. The normalized spacial score (nSPS) is 13.2. The van der Waals surface area contributed by atoms with E-state index in [9.17, 15) is 22.4 Å². The first kappa shape index (κ1) is 25.5. The summed E-state index contributed by atoms with van der Waals surface area (Å²) in [6.07, 6.45) is 5.84. The van der Waals surface area contributed by atoms with Gasteiger partial charge in [-0.15, -0.1) is 0 Å². The number of hydrogen-bond acceptors (Lipinski definition) is 3. The van der Waals surface area contributed by atoms with Crippen molar-refractivity contribution in [3.8, 4) is 11.1 Å². The number of hydrogen-bond donors (Lipinski definition) is 0. The van der Waals surface area contributed by atoms with Crippen molar-refractivity contribution >= 4 is 11.4 Å². The van der Waals surface area contributed by atoms with Crippen LogP contribution in [0.4, 0.5) is 17.6 Å². The van der Waals surface area contributed by atoms with Gasteiger partial charge in [-0.1, -0.05) is 18.2 Å². The molecule has 1 aliphatic rings. The van der Waals surface area contributed by atoms with Crippen LogP contribution < -0.4 is 0 Å². The molecule has 3 nitrogen and oxygen atoms in total. The summed E-state index contributed by atoms with van der Waals surface area (Å²) in [6, 6.07) is 13.0. The Morgan fingerprint density at radius 1 is 0.921 bits per heavy atom. The van der Waals surface area contributed by atoms with Gasteiger partial charge in [-0.05, 0) is 78.4 Å². The first-order valence-electron chi connectivity index (χ1n) is 12.3. The van der Waals surface area contributed by atoms with Gasteiger partial charge in [0.15, 0.2) is 0 Å². The number of rotatable bonds is 8. The zero-order valence-electron chi connectivity index (χ0n) is 20.6. The highest BCUT2D eigenvalue weighted by atomic mass is 19.1. The predicted molar refractivity (Wildman–Crippen MR) is 137 cm³/mol. The van der Waals surface area contributed by atoms with Gasteiger partial charge in [0, 0.05) is 53.9 Å². The number of pyridine rings is 2. The summed E-state index contributed by atoms with van der Waals surface area (Å²) in [5, 5.41) is 0. The zero-order valence-corrected chi connectivity index (χ0v) is 20.6. The highest BCUT2D eigenvalue weighted by molar-refractivity contribution is 5.92. The lowest BCUT2D eigenvalue weighted by atomic mass is 9.85. The van der Waals surface area contributed by atoms with Gasteiger partial charge in [0.1, 0.15) is 23.2 Å². The number of allylic oxidation sites excluding steroid dienone is 2. The predicted octanol–water partition coefficient (Wildman–Crippen LogP) is 7.32. The molecule has 0 fully saturated rings. The van der Waals surface area contributed by atoms with Crippen LogP contribution >= 0.6 is 0 Å². The average molecular weight is 517 g/mol. The Morgan fingerprint density at radius 2 is 1.71 bits per heavy atom. The average Bonchev–Trinajstić information content (AvgIpc) is 3.26. The highest BCUT2D eigenvalue weighted by Crippen LogP contribution is 2.35. The largest absolute Gasteiger partial charge is 0.299 e. The molecule has 0 spiro atoms. The van der Waals surface area contributed by atoms with Gasteiger partial charge in [0.25, 0.3) is 0 Å². The summed E-state index contributed by atoms with van der Waals surface area (Å²) in [6.45, 7) is 1.61. The number of halogens is 4. The lowest BCUT2D eigenvalue weighted by molar-refractivity contribution is -0.118. The van der Waals surface area contributed by atoms with Crippen LogP contribution in [-0.2, 0) is 17.6 Å². The molecular formula is C31H24F4N2O. The van der Waals surface area contributed by atoms with Crippen LogP contribution in [-0.4, -0.2) is 15.8 Å². The minimum Gasteiger partial charge on any atom is -0.299 e. The molecule has 192 valence electrons. The summed E-state index contributed by atoms with van der Waals surface area (Å²) < 4.78 is 55.7. The molecule has 0 bridgehead atoms. The van der Waals surface area contributed by atoms with Crippen LogP contribution in [0.2, 0.25) is 0 Å². The smallest absolute Gasteiger partial charge is 0.215 e. The van der Waals surface area contributed by atoms with Crippen molar-refractivity contribution in [3.63, 3.8) is 0 Å². The minimum atomic E-state index is -0.709. The molecule has 7 heteroatoms. The van der Waals surface area contributed by atoms with Gasteiger partial charge in [0.05, 0.1) is 5.69 Å². The topological polar surface area (TPSA) is 42.9 Å². The van der Waals surface area contributed by atoms with Crippen LogP contribution in [0.5, 0.6) is 0 Å². The summed E-state index contributed by atoms with van der Waals surface area (Å²) in [7, 11) is 0. The maximum atomic E-state index is 14.0. The van der Waals surface area contributed by atoms with E-state index in [0.29, 0.717) is 34.4 Å². The first-order chi connectivity index (χ1) is 18.3. The Labute approximate surface area is 217 Å². The Kier molecular flexibility index (Phi) is 7.18. The van der Waals surface area contributed by atoms with E-state index in [-0.39, 0.29) is 30.9 Å². The van der Waals surface area contributed by atoms with E-state index in [1.165, 1.54) is 30.5 Å². The van der Waals surface area contributed by atoms with Gasteiger partial charge in [-0.3, -0.25) is 9.78 Å². The molecule has 2 heterocycles. The quantitative estimate of drug-likeness (QED) is 0.182. The van der Waals surface area contributed by atoms with Crippen LogP contribution in [0, 0.1) is 30.3 Å². The van der Waals surface area contributed by atoms with Crippen molar-refractivity contribution in [2.75, 3.05) is 0 Å². The van der Waals surface area contributed by atoms with E-state index < -0.39 is 23.5 Å². The molecule has 0 saturated heterocycles. The van der Waals surface area contributed by atoms with Gasteiger partial charge >= 0.3 is 0 Å². The maximum Gasteiger partial charge on any atom is 0.215 e. The monoisotopic (exact) mass is 516 g/mol. The number of aromatic nitrogens is 2. The molecule has 38 heavy (non-hydrogen) atoms. The maximum absolute atomic E-state index is 14.0. The number of carbonyl (C=O) groups excluding carboxylic acids is 1. The fourth-order valence-electron chi connectivity index (χ4n) is 5.07. The van der Waals surface area contributed by atoms with Gasteiger partial charge in [-0.25, -0.2) is 18.2 Å². The molecule has 4 aromatic rings. The summed E-state index contributed by atoms with van der Waals surface area (Å²) >= 11 is 0. The third kappa shape index (κ3) is 5.57. The molecule has 2 aromatic heterocycles. The van der Waals surface area contributed by atoms with Crippen LogP contribution in [0.1, 0.15) is 46.7 Å². The van der Waals surface area contributed by atoms with E-state index in [1.54, 1.807) is 37.4 Å². The molecule has 2 aromatic carbocycles. The number of fused-ring (bicyclic) bond motifs is 1. The SMILES string of the molecule is Cc1cc(-c2cccnc2[C@@H](CC(=O)CC2=CCc3ccc(F)cc32)Cc2cc(F)cc(F)c2)cnc1F. The lowest BCUT2D eigenvalue weighted by Gasteiger charge is -2.20. The zero-order chi connectivity index (χ0) is 26.8. The molecule has 0 radical (unpaired) electrons. The van der Waals surface area contributed by atoms with Crippen molar-refractivity contribution < 1.29 is 22.4 Å². The second kappa shape index (κ2) is 10.7. The second-order valence-electron chi connectivity index (χ2n) is 9.60. The molecule has 1 aliphatic carbocycles. The molecule has 5 rings (SSSR count). The van der Waals surface area contributed by atoms with Crippen molar-refractivity contribution in [1.82, 2.24) is 9.97 Å². The van der Waals surface area contributed by atoms with Gasteiger partial charge in [0.2, 0.25) is 5.95 Å². The van der Waals surface area contributed by atoms with Crippen LogP contribution in [0.25, 0.3) is 16.7 Å². The lowest BCUT2D eigenvalue weighted by Crippen LogP contribution is -2.13. The van der Waals surface area contributed by atoms with Crippen molar-refractivity contribution in [3.05, 3.63) is 124 Å². The number of carbonyl (C=O) groups is 1. The summed E-state index contributed by atoms with van der Waals surface area (Å²) in [5.41, 5.74) is 5.03. The highest BCUT2D eigenvalue weighted by Gasteiger charge is 2.25. The van der Waals surface area contributed by atoms with E-state index in [4.69, 9.17) is 0 Å². The Hall–Kier alpha value is -4.13. The van der Waals surface area contributed by atoms with Crippen LogP contribution in [0.3, 0.4) is 0 Å². The summed E-state index contributed by atoms with van der Waals surface area (Å²) in [5.74, 6) is -3.00. The Balaban J connectivity index is 1.48. The van der Waals surface area contributed by atoms with E-state index in [1.807, 2.05) is 6.08 Å². The number of aryl methyl sites for hydroxylation is 1. The summed E-state index contributed by atoms with van der Waals surface area (Å²) in [4.78, 5) is 21.8. The molecule has 0 saturated carbocycles. The van der Waals surface area contributed by atoms with Crippen LogP contribution in [0.15, 0.2) is 73.1 Å². The standard InChI is InChI=1S/C31H24F4N2O/c1-18-9-23(17-37-31(18)35)28-3-2-8-36-30(28)22(10-19-11-25(33)15-26(34)12-19)14-27(38)13-21-5-4-20-6-7-24(32)16-29(20)21/h2-3,5-9,11-12,15-17,22H,4,10,13-14H2,1H3/t22-/m1/s1. The molecule has 0 aliphatic heterocycles. The number of ketones is 1. The number of benzene rings is 2. The van der Waals surface area contributed by atoms with E-state index in [0.717, 1.165) is 22.8 Å². The molecule has 0 N–H and O–H groups in total. The van der Waals surface area contributed by atoms with Crippen molar-refractivity contribution in [1.29, 1.82) is 0 Å². The third-order valence-corrected chi connectivity index (χ3v) is 6.80. The molecule has 1 atom stereocenters. The first-order valence-corrected chi connectivity index (χ1v) is 12.3. The fraction of sp³-hybridized carbons (Fsp3) is 0.194. The van der Waals surface area contributed by atoms with Gasteiger partial charge < -0.3 is 0 Å².